The number of para-hydroxylation sites is 1. The summed E-state index contributed by atoms with van der Waals surface area (Å²) in [6.07, 6.45) is 4.39. The zero-order chi connectivity index (χ0) is 18.6. The number of hydrogen-bond acceptors (Lipinski definition) is 6. The number of hydrogen-bond donors (Lipinski definition) is 1. The molecule has 0 amide bonds. The van der Waals surface area contributed by atoms with Crippen molar-refractivity contribution < 1.29 is 9.47 Å². The first-order chi connectivity index (χ1) is 13.2. The van der Waals surface area contributed by atoms with Crippen LogP contribution in [0.5, 0.6) is 11.5 Å². The molecule has 1 aliphatic rings. The van der Waals surface area contributed by atoms with Gasteiger partial charge in [0.05, 0.1) is 13.2 Å². The van der Waals surface area contributed by atoms with Crippen molar-refractivity contribution in [3.8, 4) is 22.9 Å². The van der Waals surface area contributed by atoms with Crippen LogP contribution in [0.4, 0.5) is 5.82 Å². The smallest absolute Gasteiger partial charge is 0.166 e. The number of nitrogens with one attached hydrogen (secondary N) is 1. The van der Waals surface area contributed by atoms with Gasteiger partial charge in [-0.25, -0.2) is 9.97 Å². The van der Waals surface area contributed by atoms with Crippen LogP contribution in [0.3, 0.4) is 0 Å². The SMILES string of the molecule is Cc1nc(-c2ccncc2)nc(NCc2cccc3c2OCCCO3)c1C. The summed E-state index contributed by atoms with van der Waals surface area (Å²) in [5.74, 6) is 3.14. The molecule has 6 nitrogen and oxygen atoms in total. The third kappa shape index (κ3) is 3.69. The van der Waals surface area contributed by atoms with Crippen molar-refractivity contribution in [2.24, 2.45) is 0 Å². The summed E-state index contributed by atoms with van der Waals surface area (Å²) in [6, 6.07) is 9.82. The summed E-state index contributed by atoms with van der Waals surface area (Å²) < 4.78 is 11.7. The van der Waals surface area contributed by atoms with Gasteiger partial charge in [-0.3, -0.25) is 4.98 Å². The van der Waals surface area contributed by atoms with Crippen molar-refractivity contribution in [3.05, 3.63) is 59.5 Å². The highest BCUT2D eigenvalue weighted by Crippen LogP contribution is 2.33. The number of rotatable bonds is 4. The molecule has 1 aromatic carbocycles. The van der Waals surface area contributed by atoms with E-state index in [-0.39, 0.29) is 0 Å². The molecule has 0 saturated carbocycles. The van der Waals surface area contributed by atoms with Crippen LogP contribution in [-0.2, 0) is 6.54 Å². The van der Waals surface area contributed by atoms with Gasteiger partial charge in [0.2, 0.25) is 0 Å². The second-order valence-electron chi connectivity index (χ2n) is 6.49. The maximum absolute atomic E-state index is 5.91. The maximum atomic E-state index is 5.91. The van der Waals surface area contributed by atoms with E-state index in [9.17, 15) is 0 Å². The fraction of sp³-hybridized carbons (Fsp3) is 0.286. The third-order valence-corrected chi connectivity index (χ3v) is 4.63. The molecule has 0 fully saturated rings. The summed E-state index contributed by atoms with van der Waals surface area (Å²) in [5, 5.41) is 3.45. The first-order valence-corrected chi connectivity index (χ1v) is 9.09. The monoisotopic (exact) mass is 362 g/mol. The molecule has 0 unspecified atom stereocenters. The van der Waals surface area contributed by atoms with Gasteiger partial charge in [-0.2, -0.15) is 0 Å². The molecule has 4 rings (SSSR count). The summed E-state index contributed by atoms with van der Waals surface area (Å²) in [6.45, 7) is 5.97. The normalized spacial score (nSPS) is 13.1. The van der Waals surface area contributed by atoms with E-state index < -0.39 is 0 Å². The van der Waals surface area contributed by atoms with E-state index in [2.05, 4.69) is 15.3 Å². The predicted octanol–water partition coefficient (Wildman–Crippen LogP) is 3.93. The van der Waals surface area contributed by atoms with E-state index in [1.807, 2.05) is 44.2 Å². The zero-order valence-electron chi connectivity index (χ0n) is 15.5. The molecule has 3 heterocycles. The minimum Gasteiger partial charge on any atom is -0.490 e. The zero-order valence-corrected chi connectivity index (χ0v) is 15.5. The van der Waals surface area contributed by atoms with Crippen molar-refractivity contribution in [1.29, 1.82) is 0 Å². The first kappa shape index (κ1) is 17.3. The molecule has 6 heteroatoms. The molecule has 0 aliphatic carbocycles. The van der Waals surface area contributed by atoms with Gasteiger partial charge in [0.1, 0.15) is 5.82 Å². The van der Waals surface area contributed by atoms with Crippen molar-refractivity contribution in [2.75, 3.05) is 18.5 Å². The van der Waals surface area contributed by atoms with E-state index in [1.54, 1.807) is 12.4 Å². The molecule has 0 spiro atoms. The summed E-state index contributed by atoms with van der Waals surface area (Å²) >= 11 is 0. The highest BCUT2D eigenvalue weighted by molar-refractivity contribution is 5.59. The highest BCUT2D eigenvalue weighted by Gasteiger charge is 2.15. The van der Waals surface area contributed by atoms with Crippen LogP contribution >= 0.6 is 0 Å². The topological polar surface area (TPSA) is 69.2 Å². The van der Waals surface area contributed by atoms with Crippen LogP contribution in [0.25, 0.3) is 11.4 Å². The van der Waals surface area contributed by atoms with Crippen molar-refractivity contribution in [3.63, 3.8) is 0 Å². The summed E-state index contributed by atoms with van der Waals surface area (Å²) in [7, 11) is 0. The van der Waals surface area contributed by atoms with Crippen LogP contribution in [0.15, 0.2) is 42.7 Å². The van der Waals surface area contributed by atoms with Gasteiger partial charge in [0, 0.05) is 47.7 Å². The Morgan fingerprint density at radius 3 is 2.67 bits per heavy atom. The van der Waals surface area contributed by atoms with Gasteiger partial charge < -0.3 is 14.8 Å². The van der Waals surface area contributed by atoms with Crippen molar-refractivity contribution in [2.45, 2.75) is 26.8 Å². The number of anilines is 1. The fourth-order valence-corrected chi connectivity index (χ4v) is 3.00. The Bertz CT molecular complexity index is 944. The molecule has 1 N–H and O–H groups in total. The fourth-order valence-electron chi connectivity index (χ4n) is 3.00. The van der Waals surface area contributed by atoms with Crippen LogP contribution in [0, 0.1) is 13.8 Å². The van der Waals surface area contributed by atoms with Crippen molar-refractivity contribution >= 4 is 5.82 Å². The quantitative estimate of drug-likeness (QED) is 0.758. The highest BCUT2D eigenvalue weighted by atomic mass is 16.5. The molecule has 0 radical (unpaired) electrons. The largest absolute Gasteiger partial charge is 0.490 e. The van der Waals surface area contributed by atoms with Crippen LogP contribution in [-0.4, -0.2) is 28.2 Å². The Balaban J connectivity index is 1.61. The number of nitrogens with zero attached hydrogens (tertiary/aromatic N) is 3. The van der Waals surface area contributed by atoms with E-state index in [0.29, 0.717) is 25.6 Å². The lowest BCUT2D eigenvalue weighted by molar-refractivity contribution is 0.296. The molecule has 27 heavy (non-hydrogen) atoms. The standard InChI is InChI=1S/C21H22N4O2/c1-14-15(2)24-21(16-7-9-22-10-8-16)25-20(14)23-13-17-5-3-6-18-19(17)27-12-4-11-26-18/h3,5-10H,4,11-13H2,1-2H3,(H,23,24,25). The minimum absolute atomic E-state index is 0.597. The Hall–Kier alpha value is -3.15. The van der Waals surface area contributed by atoms with Crippen LogP contribution in [0.2, 0.25) is 0 Å². The first-order valence-electron chi connectivity index (χ1n) is 9.09. The molecule has 2 aromatic heterocycles. The molecular formula is C21H22N4O2. The van der Waals surface area contributed by atoms with Gasteiger partial charge in [-0.1, -0.05) is 12.1 Å². The molecular weight excluding hydrogens is 340 g/mol. The number of pyridine rings is 1. The Morgan fingerprint density at radius 1 is 1.00 bits per heavy atom. The average molecular weight is 362 g/mol. The second kappa shape index (κ2) is 7.61. The van der Waals surface area contributed by atoms with Crippen molar-refractivity contribution in [1.82, 2.24) is 15.0 Å². The van der Waals surface area contributed by atoms with Gasteiger partial charge >= 0.3 is 0 Å². The minimum atomic E-state index is 0.597. The lowest BCUT2D eigenvalue weighted by Crippen LogP contribution is -2.08. The number of ether oxygens (including phenoxy) is 2. The van der Waals surface area contributed by atoms with E-state index in [4.69, 9.17) is 14.5 Å². The molecule has 0 bridgehead atoms. The van der Waals surface area contributed by atoms with Gasteiger partial charge in [0.15, 0.2) is 17.3 Å². The molecule has 1 aliphatic heterocycles. The number of aromatic nitrogens is 3. The van der Waals surface area contributed by atoms with E-state index in [1.165, 1.54) is 0 Å². The Labute approximate surface area is 158 Å². The lowest BCUT2D eigenvalue weighted by atomic mass is 10.1. The number of fused-ring (bicyclic) bond motifs is 1. The average Bonchev–Trinajstić information content (AvgIpc) is 2.95. The predicted molar refractivity (Wildman–Crippen MR) is 104 cm³/mol. The van der Waals surface area contributed by atoms with Crippen LogP contribution < -0.4 is 14.8 Å². The number of aryl methyl sites for hydroxylation is 1. The third-order valence-electron chi connectivity index (χ3n) is 4.63. The molecule has 138 valence electrons. The summed E-state index contributed by atoms with van der Waals surface area (Å²) in [4.78, 5) is 13.4. The maximum Gasteiger partial charge on any atom is 0.166 e. The molecule has 0 atom stereocenters. The Kier molecular flexibility index (Phi) is 4.87. The Morgan fingerprint density at radius 2 is 1.81 bits per heavy atom. The second-order valence-corrected chi connectivity index (χ2v) is 6.49. The number of benzene rings is 1. The summed E-state index contributed by atoms with van der Waals surface area (Å²) in [5.41, 5.74) is 3.98. The van der Waals surface area contributed by atoms with Gasteiger partial charge in [0.25, 0.3) is 0 Å². The van der Waals surface area contributed by atoms with Gasteiger partial charge in [-0.15, -0.1) is 0 Å². The van der Waals surface area contributed by atoms with E-state index >= 15 is 0 Å². The van der Waals surface area contributed by atoms with E-state index in [0.717, 1.165) is 46.1 Å². The molecule has 3 aromatic rings. The van der Waals surface area contributed by atoms with Crippen LogP contribution in [0.1, 0.15) is 23.2 Å². The van der Waals surface area contributed by atoms with Gasteiger partial charge in [-0.05, 0) is 32.0 Å². The molecule has 0 saturated heterocycles. The lowest BCUT2D eigenvalue weighted by Gasteiger charge is -2.15.